The van der Waals surface area contributed by atoms with Crippen LogP contribution >= 0.6 is 54.5 Å². The van der Waals surface area contributed by atoms with Crippen LogP contribution in [-0.4, -0.2) is 23.9 Å². The summed E-state index contributed by atoms with van der Waals surface area (Å²) in [4.78, 5) is 16.2. The van der Waals surface area contributed by atoms with E-state index in [2.05, 4.69) is 50.2 Å². The summed E-state index contributed by atoms with van der Waals surface area (Å²) >= 11 is 10.0. The predicted octanol–water partition coefficient (Wildman–Crippen LogP) is 5.04. The van der Waals surface area contributed by atoms with Crippen LogP contribution in [-0.2, 0) is 6.42 Å². The van der Waals surface area contributed by atoms with Gasteiger partial charge in [-0.05, 0) is 56.3 Å². The Balaban J connectivity index is 2.06. The topological polar surface area (TPSA) is 20.3 Å². The van der Waals surface area contributed by atoms with Crippen molar-refractivity contribution in [1.29, 1.82) is 0 Å². The summed E-state index contributed by atoms with van der Waals surface area (Å²) in [5.41, 5.74) is 0. The monoisotopic (exact) mass is 421 g/mol. The first kappa shape index (κ1) is 15.2. The van der Waals surface area contributed by atoms with Gasteiger partial charge >= 0.3 is 0 Å². The molecule has 0 aromatic carbocycles. The molecule has 2 rings (SSSR count). The Morgan fingerprint density at radius 1 is 1.47 bits per heavy atom. The number of nitrogens with zero attached hydrogens (tertiary/aromatic N) is 1. The van der Waals surface area contributed by atoms with E-state index in [0.717, 1.165) is 19.6 Å². The summed E-state index contributed by atoms with van der Waals surface area (Å²) in [6.45, 7) is 2.08. The third-order valence-corrected chi connectivity index (χ3v) is 7.06. The lowest BCUT2D eigenvalue weighted by Gasteiger charge is -2.24. The fourth-order valence-corrected chi connectivity index (χ4v) is 4.53. The molecule has 2 heterocycles. The SMILES string of the molecule is CC(Cc1cccs1)N(C)C(=O)c1cc(Br)c(Br)s1. The Hall–Kier alpha value is -0.170. The van der Waals surface area contributed by atoms with Gasteiger partial charge in [0.15, 0.2) is 0 Å². The molecule has 0 saturated carbocycles. The van der Waals surface area contributed by atoms with Gasteiger partial charge in [0.2, 0.25) is 0 Å². The van der Waals surface area contributed by atoms with Crippen LogP contribution in [0.5, 0.6) is 0 Å². The van der Waals surface area contributed by atoms with Crippen molar-refractivity contribution in [2.24, 2.45) is 0 Å². The molecule has 6 heteroatoms. The summed E-state index contributed by atoms with van der Waals surface area (Å²) in [7, 11) is 1.86. The van der Waals surface area contributed by atoms with Gasteiger partial charge in [-0.3, -0.25) is 4.79 Å². The van der Waals surface area contributed by atoms with Crippen LogP contribution in [0.1, 0.15) is 21.5 Å². The lowest BCUT2D eigenvalue weighted by molar-refractivity contribution is 0.0749. The third-order valence-electron chi connectivity index (χ3n) is 2.91. The van der Waals surface area contributed by atoms with E-state index in [1.54, 1.807) is 11.3 Å². The molecule has 2 aromatic heterocycles. The van der Waals surface area contributed by atoms with E-state index in [-0.39, 0.29) is 11.9 Å². The zero-order valence-corrected chi connectivity index (χ0v) is 15.3. The lowest BCUT2D eigenvalue weighted by atomic mass is 10.2. The summed E-state index contributed by atoms with van der Waals surface area (Å²) in [5.74, 6) is 0.0699. The van der Waals surface area contributed by atoms with Crippen molar-refractivity contribution in [3.05, 3.63) is 41.6 Å². The first-order valence-electron chi connectivity index (χ1n) is 5.73. The second-order valence-electron chi connectivity index (χ2n) is 4.28. The van der Waals surface area contributed by atoms with Crippen molar-refractivity contribution in [1.82, 2.24) is 4.90 Å². The number of hydrogen-bond donors (Lipinski definition) is 0. The molecule has 0 bridgehead atoms. The molecule has 1 atom stereocenters. The molecule has 102 valence electrons. The highest BCUT2D eigenvalue weighted by Crippen LogP contribution is 2.33. The standard InChI is InChI=1S/C13H13Br2NOS2/c1-8(6-9-4-3-5-18-9)16(2)13(17)11-7-10(14)12(15)19-11/h3-5,7-8H,6H2,1-2H3. The van der Waals surface area contributed by atoms with Crippen molar-refractivity contribution >= 4 is 60.4 Å². The second kappa shape index (κ2) is 6.52. The highest BCUT2D eigenvalue weighted by Gasteiger charge is 2.20. The van der Waals surface area contributed by atoms with Gasteiger partial charge in [0.25, 0.3) is 5.91 Å². The lowest BCUT2D eigenvalue weighted by Crippen LogP contribution is -2.35. The number of likely N-dealkylation sites (N-methyl/N-ethyl adjacent to an activating group) is 1. The van der Waals surface area contributed by atoms with Crippen LogP contribution in [0.2, 0.25) is 0 Å². The van der Waals surface area contributed by atoms with Crippen LogP contribution < -0.4 is 0 Å². The number of amides is 1. The zero-order chi connectivity index (χ0) is 14.0. The van der Waals surface area contributed by atoms with Crippen molar-refractivity contribution in [2.75, 3.05) is 7.05 Å². The minimum absolute atomic E-state index is 0.0699. The number of carbonyl (C=O) groups is 1. The molecule has 19 heavy (non-hydrogen) atoms. The number of hydrogen-bond acceptors (Lipinski definition) is 3. The third kappa shape index (κ3) is 3.68. The summed E-state index contributed by atoms with van der Waals surface area (Å²) in [6.07, 6.45) is 0.896. The summed E-state index contributed by atoms with van der Waals surface area (Å²) in [6, 6.07) is 6.21. The smallest absolute Gasteiger partial charge is 0.263 e. The molecular weight excluding hydrogens is 410 g/mol. The van der Waals surface area contributed by atoms with Crippen molar-refractivity contribution < 1.29 is 4.79 Å². The molecule has 0 saturated heterocycles. The minimum Gasteiger partial charge on any atom is -0.338 e. The van der Waals surface area contributed by atoms with Crippen LogP contribution in [0.4, 0.5) is 0 Å². The van der Waals surface area contributed by atoms with E-state index in [4.69, 9.17) is 0 Å². The molecule has 1 amide bonds. The van der Waals surface area contributed by atoms with E-state index in [9.17, 15) is 4.79 Å². The highest BCUT2D eigenvalue weighted by molar-refractivity contribution is 9.13. The van der Waals surface area contributed by atoms with Gasteiger partial charge in [0.05, 0.1) is 8.66 Å². The quantitative estimate of drug-likeness (QED) is 0.675. The molecule has 1 unspecified atom stereocenters. The molecule has 0 aliphatic heterocycles. The normalized spacial score (nSPS) is 12.4. The fourth-order valence-electron chi connectivity index (χ4n) is 1.68. The maximum Gasteiger partial charge on any atom is 0.263 e. The van der Waals surface area contributed by atoms with Gasteiger partial charge < -0.3 is 4.90 Å². The molecule has 0 aliphatic carbocycles. The van der Waals surface area contributed by atoms with Crippen LogP contribution in [0.25, 0.3) is 0 Å². The van der Waals surface area contributed by atoms with Gasteiger partial charge in [-0.25, -0.2) is 0 Å². The molecule has 0 aliphatic rings. The van der Waals surface area contributed by atoms with Crippen molar-refractivity contribution in [3.8, 4) is 0 Å². The van der Waals surface area contributed by atoms with Gasteiger partial charge in [-0.1, -0.05) is 6.07 Å². The maximum absolute atomic E-state index is 12.4. The fraction of sp³-hybridized carbons (Fsp3) is 0.308. The van der Waals surface area contributed by atoms with E-state index in [1.165, 1.54) is 16.2 Å². The predicted molar refractivity (Wildman–Crippen MR) is 89.3 cm³/mol. The largest absolute Gasteiger partial charge is 0.338 e. The highest BCUT2D eigenvalue weighted by atomic mass is 79.9. The molecule has 0 N–H and O–H groups in total. The number of rotatable bonds is 4. The van der Waals surface area contributed by atoms with Crippen LogP contribution in [0.3, 0.4) is 0 Å². The van der Waals surface area contributed by atoms with E-state index >= 15 is 0 Å². The first-order valence-corrected chi connectivity index (χ1v) is 9.01. The second-order valence-corrected chi connectivity index (χ2v) is 8.54. The van der Waals surface area contributed by atoms with Gasteiger partial charge in [-0.15, -0.1) is 22.7 Å². The average molecular weight is 423 g/mol. The van der Waals surface area contributed by atoms with E-state index in [0.29, 0.717) is 0 Å². The molecule has 0 spiro atoms. The maximum atomic E-state index is 12.4. The van der Waals surface area contributed by atoms with Crippen molar-refractivity contribution in [3.63, 3.8) is 0 Å². The van der Waals surface area contributed by atoms with E-state index < -0.39 is 0 Å². The Bertz CT molecular complexity index is 546. The Morgan fingerprint density at radius 3 is 2.74 bits per heavy atom. The number of carbonyl (C=O) groups excluding carboxylic acids is 1. The molecule has 0 fully saturated rings. The first-order chi connectivity index (χ1) is 8.99. The Morgan fingerprint density at radius 2 is 2.21 bits per heavy atom. The molecule has 2 nitrogen and oxygen atoms in total. The van der Waals surface area contributed by atoms with E-state index in [1.807, 2.05) is 24.1 Å². The van der Waals surface area contributed by atoms with Gasteiger partial charge in [-0.2, -0.15) is 0 Å². The molecule has 2 aromatic rings. The Kier molecular flexibility index (Phi) is 5.22. The summed E-state index contributed by atoms with van der Waals surface area (Å²) in [5, 5.41) is 2.07. The molecular formula is C13H13Br2NOS2. The Labute approximate surface area is 137 Å². The molecule has 0 radical (unpaired) electrons. The van der Waals surface area contributed by atoms with Gasteiger partial charge in [0, 0.05) is 28.9 Å². The van der Waals surface area contributed by atoms with Crippen molar-refractivity contribution in [2.45, 2.75) is 19.4 Å². The zero-order valence-electron chi connectivity index (χ0n) is 10.5. The average Bonchev–Trinajstić information content (AvgIpc) is 2.98. The van der Waals surface area contributed by atoms with Crippen LogP contribution in [0, 0.1) is 0 Å². The number of thiophene rings is 2. The van der Waals surface area contributed by atoms with Crippen LogP contribution in [0.15, 0.2) is 31.8 Å². The minimum atomic E-state index is 0.0699. The summed E-state index contributed by atoms with van der Waals surface area (Å²) < 4.78 is 1.88. The number of halogens is 2. The van der Waals surface area contributed by atoms with Gasteiger partial charge in [0.1, 0.15) is 0 Å².